The van der Waals surface area contributed by atoms with Gasteiger partial charge in [0.05, 0.1) is 5.69 Å². The van der Waals surface area contributed by atoms with Gasteiger partial charge in [0.1, 0.15) is 0 Å². The summed E-state index contributed by atoms with van der Waals surface area (Å²) in [5.41, 5.74) is 2.58. The van der Waals surface area contributed by atoms with Crippen LogP contribution in [0.2, 0.25) is 0 Å². The van der Waals surface area contributed by atoms with Crippen LogP contribution in [0, 0.1) is 0 Å². The minimum absolute atomic E-state index is 0.0828. The summed E-state index contributed by atoms with van der Waals surface area (Å²) in [7, 11) is 2.20. The minimum atomic E-state index is 0.0828. The average Bonchev–Trinajstić information content (AvgIpc) is 2.29. The van der Waals surface area contributed by atoms with Crippen LogP contribution in [0.3, 0.4) is 0 Å². The molecule has 2 rings (SSSR count). The van der Waals surface area contributed by atoms with Crippen molar-refractivity contribution in [2.24, 2.45) is 0 Å². The fourth-order valence-corrected chi connectivity index (χ4v) is 2.44. The molecule has 0 aromatic heterocycles. The molecule has 1 aliphatic rings. The molecule has 0 amide bonds. The zero-order chi connectivity index (χ0) is 9.26. The van der Waals surface area contributed by atoms with Gasteiger partial charge in [-0.3, -0.25) is 0 Å². The molecule has 0 N–H and O–H groups in total. The Hall–Kier alpha value is -1.02. The minimum Gasteiger partial charge on any atom is -0.325 e. The van der Waals surface area contributed by atoms with Crippen LogP contribution in [-0.4, -0.2) is 18.7 Å². The van der Waals surface area contributed by atoms with Crippen molar-refractivity contribution in [2.75, 3.05) is 17.1 Å². The van der Waals surface area contributed by atoms with Crippen molar-refractivity contribution < 1.29 is 0 Å². The molecule has 13 heavy (non-hydrogen) atoms. The highest BCUT2D eigenvalue weighted by Gasteiger charge is 2.08. The second-order valence-corrected chi connectivity index (χ2v) is 4.89. The lowest BCUT2D eigenvalue weighted by Gasteiger charge is -2.21. The lowest BCUT2D eigenvalue weighted by Crippen LogP contribution is -2.09. The fraction of sp³-hybridized carbons (Fsp3) is 0.182. The van der Waals surface area contributed by atoms with Crippen molar-refractivity contribution in [3.8, 4) is 0 Å². The smallest absolute Gasteiger partial charge is 0.0533 e. The van der Waals surface area contributed by atoms with Gasteiger partial charge >= 0.3 is 0 Å². The molecule has 1 atom stereocenters. The third-order valence-corrected chi connectivity index (χ3v) is 3.80. The summed E-state index contributed by atoms with van der Waals surface area (Å²) in [6.45, 7) is 0. The Kier molecular flexibility index (Phi) is 2.23. The predicted molar refractivity (Wildman–Crippen MR) is 63.5 cm³/mol. The highest BCUT2D eigenvalue weighted by molar-refractivity contribution is 8.15. The summed E-state index contributed by atoms with van der Waals surface area (Å²) in [5.74, 6) is 5.19. The lowest BCUT2D eigenvalue weighted by atomic mass is 10.1. The number of anilines is 1. The summed E-state index contributed by atoms with van der Waals surface area (Å²) in [6, 6.07) is 8.44. The van der Waals surface area contributed by atoms with Gasteiger partial charge < -0.3 is 4.31 Å². The highest BCUT2D eigenvalue weighted by atomic mass is 32.2. The molecule has 0 aliphatic carbocycles. The Bertz CT molecular complexity index is 368. The van der Waals surface area contributed by atoms with Gasteiger partial charge in [-0.2, -0.15) is 0 Å². The summed E-state index contributed by atoms with van der Waals surface area (Å²) in [5, 5.41) is 0. The molecule has 1 heterocycles. The van der Waals surface area contributed by atoms with Gasteiger partial charge in [0.2, 0.25) is 0 Å². The Labute approximate surface area is 81.8 Å². The topological polar surface area (TPSA) is 3.24 Å². The zero-order valence-electron chi connectivity index (χ0n) is 7.73. The van der Waals surface area contributed by atoms with Crippen molar-refractivity contribution in [1.29, 1.82) is 0 Å². The van der Waals surface area contributed by atoms with Crippen molar-refractivity contribution in [3.05, 3.63) is 35.9 Å². The molecule has 1 unspecified atom stereocenters. The van der Waals surface area contributed by atoms with E-state index in [0.717, 1.165) is 5.75 Å². The maximum atomic E-state index is 4.14. The number of rotatable bonds is 0. The van der Waals surface area contributed by atoms with Crippen LogP contribution in [0.4, 0.5) is 5.69 Å². The second kappa shape index (κ2) is 3.38. The Morgan fingerprint density at radius 3 is 3.00 bits per heavy atom. The highest BCUT2D eigenvalue weighted by Crippen LogP contribution is 2.31. The van der Waals surface area contributed by atoms with Gasteiger partial charge in [0, 0.05) is 12.8 Å². The standard InChI is InChI=1S/C11H13NS/c1-12-11-8-4-3-6-10(11)7-5-9-13(12)2/h3-8H,2,9H2,1H3. The molecule has 1 aliphatic heterocycles. The largest absolute Gasteiger partial charge is 0.325 e. The SMILES string of the molecule is C=S1CC=Cc2ccccc2N1C. The fourth-order valence-electron chi connectivity index (χ4n) is 1.45. The first-order valence-corrected chi connectivity index (χ1v) is 5.81. The molecule has 0 saturated carbocycles. The van der Waals surface area contributed by atoms with Crippen LogP contribution < -0.4 is 4.31 Å². The quantitative estimate of drug-likeness (QED) is 0.570. The monoisotopic (exact) mass is 191 g/mol. The molecule has 0 saturated heterocycles. The predicted octanol–water partition coefficient (Wildman–Crippen LogP) is 2.77. The summed E-state index contributed by atoms with van der Waals surface area (Å²) in [6.07, 6.45) is 4.39. The van der Waals surface area contributed by atoms with Crippen molar-refractivity contribution in [3.63, 3.8) is 0 Å². The molecule has 68 valence electrons. The van der Waals surface area contributed by atoms with Gasteiger partial charge in [0.15, 0.2) is 0 Å². The van der Waals surface area contributed by atoms with Crippen molar-refractivity contribution >= 4 is 28.3 Å². The van der Waals surface area contributed by atoms with Crippen LogP contribution in [0.5, 0.6) is 0 Å². The molecule has 2 heteroatoms. The number of nitrogens with zero attached hydrogens (tertiary/aromatic N) is 1. The normalized spacial score (nSPS) is 21.0. The molecule has 0 spiro atoms. The van der Waals surface area contributed by atoms with Crippen LogP contribution in [0.15, 0.2) is 30.3 Å². The van der Waals surface area contributed by atoms with Gasteiger partial charge in [-0.25, -0.2) is 0 Å². The van der Waals surface area contributed by atoms with Gasteiger partial charge in [0.25, 0.3) is 0 Å². The summed E-state index contributed by atoms with van der Waals surface area (Å²) < 4.78 is 2.26. The first-order valence-electron chi connectivity index (χ1n) is 4.29. The summed E-state index contributed by atoms with van der Waals surface area (Å²) in [4.78, 5) is 0. The molecule has 0 fully saturated rings. The van der Waals surface area contributed by atoms with E-state index < -0.39 is 0 Å². The molecular formula is C11H13NS. The molecule has 0 radical (unpaired) electrons. The molecule has 0 bridgehead atoms. The second-order valence-electron chi connectivity index (χ2n) is 3.09. The third-order valence-electron chi connectivity index (χ3n) is 2.25. The number of hydrogen-bond acceptors (Lipinski definition) is 1. The Balaban J connectivity index is 2.54. The van der Waals surface area contributed by atoms with E-state index in [1.807, 2.05) is 0 Å². The lowest BCUT2D eigenvalue weighted by molar-refractivity contribution is 1.35. The zero-order valence-corrected chi connectivity index (χ0v) is 8.55. The first kappa shape index (κ1) is 8.57. The van der Waals surface area contributed by atoms with Crippen LogP contribution in [0.1, 0.15) is 5.56 Å². The van der Waals surface area contributed by atoms with E-state index in [9.17, 15) is 0 Å². The Morgan fingerprint density at radius 1 is 1.38 bits per heavy atom. The third kappa shape index (κ3) is 1.54. The molecule has 1 aromatic rings. The van der Waals surface area contributed by atoms with Crippen LogP contribution in [0.25, 0.3) is 6.08 Å². The van der Waals surface area contributed by atoms with E-state index in [0.29, 0.717) is 0 Å². The summed E-state index contributed by atoms with van der Waals surface area (Å²) >= 11 is 0. The van der Waals surface area contributed by atoms with E-state index >= 15 is 0 Å². The number of fused-ring (bicyclic) bond motifs is 1. The maximum Gasteiger partial charge on any atom is 0.0533 e. The number of para-hydroxylation sites is 1. The first-order chi connectivity index (χ1) is 6.29. The maximum absolute atomic E-state index is 4.14. The van der Waals surface area contributed by atoms with E-state index in [1.54, 1.807) is 0 Å². The van der Waals surface area contributed by atoms with Crippen molar-refractivity contribution in [2.45, 2.75) is 0 Å². The van der Waals surface area contributed by atoms with E-state index in [2.05, 4.69) is 53.6 Å². The van der Waals surface area contributed by atoms with E-state index in [4.69, 9.17) is 0 Å². The van der Waals surface area contributed by atoms with Crippen molar-refractivity contribution in [1.82, 2.24) is 0 Å². The Morgan fingerprint density at radius 2 is 2.15 bits per heavy atom. The molecular weight excluding hydrogens is 178 g/mol. The van der Waals surface area contributed by atoms with Crippen LogP contribution >= 0.6 is 10.7 Å². The van der Waals surface area contributed by atoms with E-state index in [1.165, 1.54) is 11.3 Å². The average molecular weight is 191 g/mol. The molecule has 1 aromatic carbocycles. The molecule has 1 nitrogen and oxygen atoms in total. The van der Waals surface area contributed by atoms with Crippen LogP contribution in [-0.2, 0) is 0 Å². The number of benzene rings is 1. The van der Waals surface area contributed by atoms with Gasteiger partial charge in [-0.15, -0.1) is 0 Å². The van der Waals surface area contributed by atoms with E-state index in [-0.39, 0.29) is 10.7 Å². The van der Waals surface area contributed by atoms with Gasteiger partial charge in [-0.05, 0) is 11.6 Å². The van der Waals surface area contributed by atoms with Gasteiger partial charge in [-0.1, -0.05) is 46.9 Å². The number of hydrogen-bond donors (Lipinski definition) is 0.